The molecule has 1 amide bonds. The molecule has 1 aromatic rings. The first-order chi connectivity index (χ1) is 9.69. The molecule has 3 nitrogen and oxygen atoms in total. The Bertz CT molecular complexity index is 419. The average molecular weight is 275 g/mol. The van der Waals surface area contributed by atoms with Crippen molar-refractivity contribution in [1.82, 2.24) is 4.90 Å². The molecular formula is C17H25NO2. The maximum atomic E-state index is 11.7. The third-order valence-corrected chi connectivity index (χ3v) is 4.20. The summed E-state index contributed by atoms with van der Waals surface area (Å²) < 4.78 is 4.91. The summed E-state index contributed by atoms with van der Waals surface area (Å²) in [4.78, 5) is 13.7. The van der Waals surface area contributed by atoms with Crippen LogP contribution in [0.2, 0.25) is 0 Å². The second-order valence-electron chi connectivity index (χ2n) is 5.78. The third kappa shape index (κ3) is 4.34. The molecule has 0 aliphatic carbocycles. The summed E-state index contributed by atoms with van der Waals surface area (Å²) in [6.45, 7) is 4.12. The van der Waals surface area contributed by atoms with Gasteiger partial charge < -0.3 is 9.64 Å². The zero-order valence-electron chi connectivity index (χ0n) is 12.6. The van der Waals surface area contributed by atoms with Crippen LogP contribution in [0.4, 0.5) is 0 Å². The quantitative estimate of drug-likeness (QED) is 0.827. The molecule has 2 rings (SSSR count). The Balaban J connectivity index is 1.72. The molecule has 1 aliphatic rings. The standard InChI is InChI=1S/C17H25NO2/c1-14-3-5-15(6-4-14)7-8-16-9-11-18(12-10-16)17(19)13-20-2/h3-6,16H,7-13H2,1-2H3. The maximum Gasteiger partial charge on any atom is 0.248 e. The van der Waals surface area contributed by atoms with Gasteiger partial charge in [0.1, 0.15) is 6.61 Å². The van der Waals surface area contributed by atoms with Crippen molar-refractivity contribution in [3.05, 3.63) is 35.4 Å². The van der Waals surface area contributed by atoms with E-state index in [4.69, 9.17) is 4.74 Å². The minimum Gasteiger partial charge on any atom is -0.375 e. The highest BCUT2D eigenvalue weighted by molar-refractivity contribution is 5.77. The van der Waals surface area contributed by atoms with Crippen molar-refractivity contribution >= 4 is 5.91 Å². The molecule has 1 aromatic carbocycles. The predicted molar refractivity (Wildman–Crippen MR) is 80.7 cm³/mol. The SMILES string of the molecule is COCC(=O)N1CCC(CCc2ccc(C)cc2)CC1. The summed E-state index contributed by atoms with van der Waals surface area (Å²) >= 11 is 0. The van der Waals surface area contributed by atoms with E-state index < -0.39 is 0 Å². The van der Waals surface area contributed by atoms with E-state index in [1.165, 1.54) is 17.5 Å². The molecule has 0 atom stereocenters. The van der Waals surface area contributed by atoms with Crippen LogP contribution in [-0.2, 0) is 16.0 Å². The number of piperidine rings is 1. The molecule has 20 heavy (non-hydrogen) atoms. The molecule has 0 spiro atoms. The van der Waals surface area contributed by atoms with Crippen molar-refractivity contribution < 1.29 is 9.53 Å². The van der Waals surface area contributed by atoms with E-state index in [9.17, 15) is 4.79 Å². The minimum atomic E-state index is 0.129. The van der Waals surface area contributed by atoms with E-state index in [0.717, 1.165) is 38.3 Å². The smallest absolute Gasteiger partial charge is 0.248 e. The van der Waals surface area contributed by atoms with Crippen LogP contribution in [0.25, 0.3) is 0 Å². The van der Waals surface area contributed by atoms with Crippen LogP contribution >= 0.6 is 0 Å². The van der Waals surface area contributed by atoms with Gasteiger partial charge in [-0.25, -0.2) is 0 Å². The van der Waals surface area contributed by atoms with Gasteiger partial charge in [-0.3, -0.25) is 4.79 Å². The van der Waals surface area contributed by atoms with Crippen molar-refractivity contribution in [3.63, 3.8) is 0 Å². The van der Waals surface area contributed by atoms with Crippen molar-refractivity contribution in [3.8, 4) is 0 Å². The molecule has 1 saturated heterocycles. The Morgan fingerprint density at radius 2 is 1.90 bits per heavy atom. The second kappa shape index (κ2) is 7.44. The summed E-state index contributed by atoms with van der Waals surface area (Å²) in [6.07, 6.45) is 4.63. The summed E-state index contributed by atoms with van der Waals surface area (Å²) in [5.74, 6) is 0.882. The first-order valence-corrected chi connectivity index (χ1v) is 7.51. The lowest BCUT2D eigenvalue weighted by Crippen LogP contribution is -2.40. The zero-order chi connectivity index (χ0) is 14.4. The minimum absolute atomic E-state index is 0.129. The van der Waals surface area contributed by atoms with Gasteiger partial charge in [0.2, 0.25) is 5.91 Å². The van der Waals surface area contributed by atoms with Gasteiger partial charge in [-0.1, -0.05) is 29.8 Å². The lowest BCUT2D eigenvalue weighted by atomic mass is 9.90. The lowest BCUT2D eigenvalue weighted by Gasteiger charge is -2.32. The molecule has 3 heteroatoms. The van der Waals surface area contributed by atoms with E-state index in [-0.39, 0.29) is 12.5 Å². The molecular weight excluding hydrogens is 250 g/mol. The molecule has 110 valence electrons. The van der Waals surface area contributed by atoms with E-state index in [1.807, 2.05) is 4.90 Å². The van der Waals surface area contributed by atoms with Crippen molar-refractivity contribution in [2.75, 3.05) is 26.8 Å². The third-order valence-electron chi connectivity index (χ3n) is 4.20. The first kappa shape index (κ1) is 15.0. The highest BCUT2D eigenvalue weighted by Gasteiger charge is 2.22. The van der Waals surface area contributed by atoms with Gasteiger partial charge in [-0.15, -0.1) is 0 Å². The molecule has 0 saturated carbocycles. The number of rotatable bonds is 5. The molecule has 0 aromatic heterocycles. The summed E-state index contributed by atoms with van der Waals surface area (Å²) in [6, 6.07) is 8.82. The Kier molecular flexibility index (Phi) is 5.60. The first-order valence-electron chi connectivity index (χ1n) is 7.51. The number of aryl methyl sites for hydroxylation is 2. The summed E-state index contributed by atoms with van der Waals surface area (Å²) in [5, 5.41) is 0. The number of carbonyl (C=O) groups is 1. The predicted octanol–water partition coefficient (Wildman–Crippen LogP) is 2.81. The molecule has 1 fully saturated rings. The van der Waals surface area contributed by atoms with Gasteiger partial charge in [0.15, 0.2) is 0 Å². The van der Waals surface area contributed by atoms with E-state index in [1.54, 1.807) is 7.11 Å². The van der Waals surface area contributed by atoms with E-state index in [0.29, 0.717) is 0 Å². The molecule has 1 aliphatic heterocycles. The number of amides is 1. The van der Waals surface area contributed by atoms with Gasteiger partial charge in [0.25, 0.3) is 0 Å². The normalized spacial score (nSPS) is 16.4. The lowest BCUT2D eigenvalue weighted by molar-refractivity contribution is -0.136. The molecule has 1 heterocycles. The Hall–Kier alpha value is -1.35. The van der Waals surface area contributed by atoms with Crippen molar-refractivity contribution in [1.29, 1.82) is 0 Å². The van der Waals surface area contributed by atoms with Crippen LogP contribution in [0.15, 0.2) is 24.3 Å². The Morgan fingerprint density at radius 3 is 2.50 bits per heavy atom. The van der Waals surface area contributed by atoms with Gasteiger partial charge in [-0.2, -0.15) is 0 Å². The van der Waals surface area contributed by atoms with Gasteiger partial charge in [0, 0.05) is 20.2 Å². The fourth-order valence-electron chi connectivity index (χ4n) is 2.81. The number of carbonyl (C=O) groups excluding carboxylic acids is 1. The van der Waals surface area contributed by atoms with Gasteiger partial charge >= 0.3 is 0 Å². The number of hydrogen-bond donors (Lipinski definition) is 0. The van der Waals surface area contributed by atoms with Crippen molar-refractivity contribution in [2.24, 2.45) is 5.92 Å². The maximum absolute atomic E-state index is 11.7. The Labute approximate surface area is 121 Å². The van der Waals surface area contributed by atoms with E-state index >= 15 is 0 Å². The van der Waals surface area contributed by atoms with E-state index in [2.05, 4.69) is 31.2 Å². The molecule has 0 unspecified atom stereocenters. The fourth-order valence-corrected chi connectivity index (χ4v) is 2.81. The number of ether oxygens (including phenoxy) is 1. The molecule has 0 bridgehead atoms. The highest BCUT2D eigenvalue weighted by atomic mass is 16.5. The van der Waals surface area contributed by atoms with Crippen molar-refractivity contribution in [2.45, 2.75) is 32.6 Å². The zero-order valence-corrected chi connectivity index (χ0v) is 12.6. The Morgan fingerprint density at radius 1 is 1.25 bits per heavy atom. The topological polar surface area (TPSA) is 29.5 Å². The summed E-state index contributed by atoms with van der Waals surface area (Å²) in [5.41, 5.74) is 2.74. The monoisotopic (exact) mass is 275 g/mol. The van der Waals surface area contributed by atoms with Crippen LogP contribution in [0.1, 0.15) is 30.4 Å². The fraction of sp³-hybridized carbons (Fsp3) is 0.588. The number of hydrogen-bond acceptors (Lipinski definition) is 2. The highest BCUT2D eigenvalue weighted by Crippen LogP contribution is 2.22. The number of benzene rings is 1. The largest absolute Gasteiger partial charge is 0.375 e. The van der Waals surface area contributed by atoms with Gasteiger partial charge in [-0.05, 0) is 44.1 Å². The number of likely N-dealkylation sites (tertiary alicyclic amines) is 1. The van der Waals surface area contributed by atoms with Crippen LogP contribution in [0.5, 0.6) is 0 Å². The molecule has 0 N–H and O–H groups in total. The second-order valence-corrected chi connectivity index (χ2v) is 5.78. The van der Waals surface area contributed by atoms with Crippen LogP contribution in [0.3, 0.4) is 0 Å². The van der Waals surface area contributed by atoms with Crippen LogP contribution in [-0.4, -0.2) is 37.6 Å². The number of nitrogens with zero attached hydrogens (tertiary/aromatic N) is 1. The van der Waals surface area contributed by atoms with Crippen LogP contribution < -0.4 is 0 Å². The van der Waals surface area contributed by atoms with Crippen LogP contribution in [0, 0.1) is 12.8 Å². The van der Waals surface area contributed by atoms with Gasteiger partial charge in [0.05, 0.1) is 0 Å². The molecule has 0 radical (unpaired) electrons. The number of methoxy groups -OCH3 is 1. The average Bonchev–Trinajstić information content (AvgIpc) is 2.47. The summed E-state index contributed by atoms with van der Waals surface area (Å²) in [7, 11) is 1.58.